The van der Waals surface area contributed by atoms with Gasteiger partial charge in [-0.2, -0.15) is 0 Å². The minimum atomic E-state index is -3.03. The number of piperidine rings is 1. The van der Waals surface area contributed by atoms with Crippen LogP contribution in [0.2, 0.25) is 0 Å². The van der Waals surface area contributed by atoms with E-state index in [1.165, 1.54) is 12.1 Å². The highest BCUT2D eigenvalue weighted by Gasteiger charge is 2.36. The Balaban J connectivity index is 1.51. The fourth-order valence-electron chi connectivity index (χ4n) is 3.86. The molecule has 2 amide bonds. The predicted octanol–water partition coefficient (Wildman–Crippen LogP) is 1.25. The van der Waals surface area contributed by atoms with Crippen molar-refractivity contribution in [1.82, 2.24) is 9.80 Å². The van der Waals surface area contributed by atoms with E-state index < -0.39 is 9.84 Å². The van der Waals surface area contributed by atoms with Gasteiger partial charge in [0.15, 0.2) is 9.84 Å². The number of carbonyl (C=O) groups excluding carboxylic acids is 2. The fraction of sp³-hybridized carbons (Fsp3) is 0.579. The van der Waals surface area contributed by atoms with Gasteiger partial charge in [0.2, 0.25) is 11.8 Å². The lowest BCUT2D eigenvalue weighted by Gasteiger charge is -2.34. The molecule has 3 rings (SSSR count). The third-order valence-corrected chi connectivity index (χ3v) is 7.30. The molecule has 0 bridgehead atoms. The lowest BCUT2D eigenvalue weighted by molar-refractivity contribution is -0.140. The maximum Gasteiger partial charge on any atom is 0.226 e. The first kappa shape index (κ1) is 19.8. The molecule has 2 fully saturated rings. The van der Waals surface area contributed by atoms with E-state index >= 15 is 0 Å². The number of sulfone groups is 1. The Bertz CT molecular complexity index is 819. The van der Waals surface area contributed by atoms with Crippen molar-refractivity contribution in [2.75, 3.05) is 31.6 Å². The number of amides is 2. The van der Waals surface area contributed by atoms with Gasteiger partial charge in [-0.3, -0.25) is 9.59 Å². The first-order valence-corrected chi connectivity index (χ1v) is 11.1. The topological polar surface area (TPSA) is 74.8 Å². The molecule has 0 aliphatic carbocycles. The summed E-state index contributed by atoms with van der Waals surface area (Å²) in [6.07, 6.45) is 1.78. The summed E-state index contributed by atoms with van der Waals surface area (Å²) in [7, 11) is -1.36. The summed E-state index contributed by atoms with van der Waals surface area (Å²) in [5, 5.41) is 0. The van der Waals surface area contributed by atoms with Crippen LogP contribution in [0.4, 0.5) is 4.39 Å². The lowest BCUT2D eigenvalue weighted by Crippen LogP contribution is -2.46. The Labute approximate surface area is 159 Å². The number of nitrogens with zero attached hydrogens (tertiary/aromatic N) is 2. The molecule has 8 heteroatoms. The molecule has 2 heterocycles. The Kier molecular flexibility index (Phi) is 5.83. The average molecular weight is 396 g/mol. The molecule has 148 valence electrons. The van der Waals surface area contributed by atoms with E-state index in [-0.39, 0.29) is 47.5 Å². The van der Waals surface area contributed by atoms with Crippen LogP contribution in [0.5, 0.6) is 0 Å². The van der Waals surface area contributed by atoms with E-state index in [0.29, 0.717) is 37.9 Å². The van der Waals surface area contributed by atoms with Crippen molar-refractivity contribution in [3.05, 3.63) is 35.6 Å². The molecule has 0 radical (unpaired) electrons. The summed E-state index contributed by atoms with van der Waals surface area (Å²) >= 11 is 0. The summed E-state index contributed by atoms with van der Waals surface area (Å²) in [5.41, 5.74) is 0.639. The van der Waals surface area contributed by atoms with E-state index in [1.54, 1.807) is 29.0 Å². The molecule has 0 N–H and O–H groups in total. The molecule has 2 aliphatic heterocycles. The monoisotopic (exact) mass is 396 g/mol. The highest BCUT2D eigenvalue weighted by Crippen LogP contribution is 2.24. The van der Waals surface area contributed by atoms with Crippen LogP contribution < -0.4 is 0 Å². The van der Waals surface area contributed by atoms with Crippen LogP contribution in [-0.2, 0) is 25.8 Å². The second kappa shape index (κ2) is 7.96. The van der Waals surface area contributed by atoms with E-state index in [4.69, 9.17) is 0 Å². The zero-order valence-corrected chi connectivity index (χ0v) is 16.3. The van der Waals surface area contributed by atoms with Gasteiger partial charge in [-0.15, -0.1) is 0 Å². The van der Waals surface area contributed by atoms with Gasteiger partial charge in [0, 0.05) is 32.1 Å². The standard InChI is InChI=1S/C19H25FN2O4S/c1-21(17-7-10-27(25,26)13-17)19(24)15-5-8-22(9-6-15)18(23)12-14-3-2-4-16(20)11-14/h2-4,11,15,17H,5-10,12-13H2,1H3. The number of hydrogen-bond donors (Lipinski definition) is 0. The van der Waals surface area contributed by atoms with Crippen LogP contribution in [0, 0.1) is 11.7 Å². The van der Waals surface area contributed by atoms with Crippen LogP contribution in [0.15, 0.2) is 24.3 Å². The minimum Gasteiger partial charge on any atom is -0.342 e. The van der Waals surface area contributed by atoms with Crippen molar-refractivity contribution in [3.63, 3.8) is 0 Å². The highest BCUT2D eigenvalue weighted by atomic mass is 32.2. The number of likely N-dealkylation sites (tertiary alicyclic amines) is 1. The van der Waals surface area contributed by atoms with Crippen molar-refractivity contribution in [2.24, 2.45) is 5.92 Å². The molecule has 1 unspecified atom stereocenters. The molecule has 27 heavy (non-hydrogen) atoms. The van der Waals surface area contributed by atoms with Crippen molar-refractivity contribution in [2.45, 2.75) is 31.7 Å². The molecular weight excluding hydrogens is 371 g/mol. The summed E-state index contributed by atoms with van der Waals surface area (Å²) in [6, 6.07) is 5.77. The van der Waals surface area contributed by atoms with Gasteiger partial charge in [0.05, 0.1) is 17.9 Å². The maximum absolute atomic E-state index is 13.2. The van der Waals surface area contributed by atoms with Gasteiger partial charge in [0.1, 0.15) is 5.82 Å². The van der Waals surface area contributed by atoms with Crippen molar-refractivity contribution >= 4 is 21.7 Å². The molecule has 2 saturated heterocycles. The minimum absolute atomic E-state index is 0.0330. The number of halogens is 1. The van der Waals surface area contributed by atoms with Crippen LogP contribution in [0.25, 0.3) is 0 Å². The number of carbonyl (C=O) groups is 2. The van der Waals surface area contributed by atoms with Crippen LogP contribution in [-0.4, -0.2) is 67.7 Å². The van der Waals surface area contributed by atoms with Gasteiger partial charge in [-0.25, -0.2) is 12.8 Å². The van der Waals surface area contributed by atoms with Crippen molar-refractivity contribution < 1.29 is 22.4 Å². The summed E-state index contributed by atoms with van der Waals surface area (Å²) in [6.45, 7) is 0.975. The van der Waals surface area contributed by atoms with Gasteiger partial charge in [-0.1, -0.05) is 12.1 Å². The normalized spacial score (nSPS) is 22.6. The lowest BCUT2D eigenvalue weighted by atomic mass is 9.94. The largest absolute Gasteiger partial charge is 0.342 e. The third kappa shape index (κ3) is 4.86. The zero-order valence-electron chi connectivity index (χ0n) is 15.4. The second-order valence-corrected chi connectivity index (χ2v) is 9.70. The molecule has 1 aromatic carbocycles. The molecule has 0 aromatic heterocycles. The molecule has 2 aliphatic rings. The first-order chi connectivity index (χ1) is 12.7. The second-order valence-electron chi connectivity index (χ2n) is 7.47. The van der Waals surface area contributed by atoms with Crippen LogP contribution in [0.3, 0.4) is 0 Å². The molecule has 1 aromatic rings. The van der Waals surface area contributed by atoms with Crippen molar-refractivity contribution in [3.8, 4) is 0 Å². The fourth-order valence-corrected chi connectivity index (χ4v) is 5.63. The Morgan fingerprint density at radius 3 is 2.52 bits per heavy atom. The van der Waals surface area contributed by atoms with Crippen molar-refractivity contribution in [1.29, 1.82) is 0 Å². The van der Waals surface area contributed by atoms with Gasteiger partial charge >= 0.3 is 0 Å². The van der Waals surface area contributed by atoms with Crippen LogP contribution >= 0.6 is 0 Å². The van der Waals surface area contributed by atoms with E-state index in [0.717, 1.165) is 0 Å². The number of hydrogen-bond acceptors (Lipinski definition) is 4. The van der Waals surface area contributed by atoms with Gasteiger partial charge in [-0.05, 0) is 37.0 Å². The quantitative estimate of drug-likeness (QED) is 0.768. The molecule has 0 saturated carbocycles. The Morgan fingerprint density at radius 1 is 1.22 bits per heavy atom. The molecule has 1 atom stereocenters. The summed E-state index contributed by atoms with van der Waals surface area (Å²) in [4.78, 5) is 28.4. The third-order valence-electron chi connectivity index (χ3n) is 5.55. The molecule has 0 spiro atoms. The smallest absolute Gasteiger partial charge is 0.226 e. The van der Waals surface area contributed by atoms with E-state index in [9.17, 15) is 22.4 Å². The average Bonchev–Trinajstić information content (AvgIpc) is 3.00. The Hall–Kier alpha value is -1.96. The van der Waals surface area contributed by atoms with Crippen LogP contribution in [0.1, 0.15) is 24.8 Å². The molecular formula is C19H25FN2O4S. The Morgan fingerprint density at radius 2 is 1.93 bits per heavy atom. The SMILES string of the molecule is CN(C(=O)C1CCN(C(=O)Cc2cccc(F)c2)CC1)C1CCS(=O)(=O)C1. The van der Waals surface area contributed by atoms with Gasteiger partial charge in [0.25, 0.3) is 0 Å². The predicted molar refractivity (Wildman–Crippen MR) is 99.2 cm³/mol. The number of rotatable bonds is 4. The highest BCUT2D eigenvalue weighted by molar-refractivity contribution is 7.91. The molecule has 6 nitrogen and oxygen atoms in total. The first-order valence-electron chi connectivity index (χ1n) is 9.24. The zero-order chi connectivity index (χ0) is 19.6. The number of benzene rings is 1. The van der Waals surface area contributed by atoms with E-state index in [2.05, 4.69) is 0 Å². The summed E-state index contributed by atoms with van der Waals surface area (Å²) < 4.78 is 36.5. The maximum atomic E-state index is 13.2. The van der Waals surface area contributed by atoms with Gasteiger partial charge < -0.3 is 9.80 Å². The summed E-state index contributed by atoms with van der Waals surface area (Å²) in [5.74, 6) is -0.461. The van der Waals surface area contributed by atoms with E-state index in [1.807, 2.05) is 0 Å².